The molecule has 0 aromatic carbocycles. The minimum absolute atomic E-state index is 0.0445. The Labute approximate surface area is 96.6 Å². The van der Waals surface area contributed by atoms with E-state index in [4.69, 9.17) is 15.6 Å². The maximum atomic E-state index is 11.8. The van der Waals surface area contributed by atoms with Gasteiger partial charge in [-0.05, 0) is 19.3 Å². The Morgan fingerprint density at radius 2 is 2.19 bits per heavy atom. The molecule has 1 atom stereocenters. The average molecular weight is 230 g/mol. The Balaban J connectivity index is 2.28. The number of carbonyl (C=O) groups excluding carboxylic acids is 1. The van der Waals surface area contributed by atoms with Gasteiger partial charge in [0.2, 0.25) is 5.91 Å². The van der Waals surface area contributed by atoms with Crippen LogP contribution in [0, 0.1) is 0 Å². The second-order valence-corrected chi connectivity index (χ2v) is 4.13. The van der Waals surface area contributed by atoms with Gasteiger partial charge in [0, 0.05) is 13.1 Å². The van der Waals surface area contributed by atoms with Crippen LogP contribution >= 0.6 is 0 Å². The van der Waals surface area contributed by atoms with Gasteiger partial charge >= 0.3 is 0 Å². The van der Waals surface area contributed by atoms with Crippen LogP contribution in [-0.4, -0.2) is 54.4 Å². The van der Waals surface area contributed by atoms with Crippen LogP contribution < -0.4 is 5.73 Å². The first-order valence-corrected chi connectivity index (χ1v) is 5.95. The van der Waals surface area contributed by atoms with Crippen molar-refractivity contribution >= 4 is 5.91 Å². The first kappa shape index (κ1) is 13.4. The van der Waals surface area contributed by atoms with Crippen LogP contribution in [0.1, 0.15) is 26.2 Å². The molecule has 16 heavy (non-hydrogen) atoms. The molecule has 1 heterocycles. The topological polar surface area (TPSA) is 75.8 Å². The number of piperidine rings is 1. The second kappa shape index (κ2) is 6.83. The highest BCUT2D eigenvalue weighted by atomic mass is 16.5. The van der Waals surface area contributed by atoms with Crippen LogP contribution in [0.15, 0.2) is 0 Å². The van der Waals surface area contributed by atoms with Gasteiger partial charge in [0.05, 0.1) is 25.4 Å². The molecule has 5 heteroatoms. The summed E-state index contributed by atoms with van der Waals surface area (Å²) >= 11 is 0. The standard InChI is InChI=1S/C11H22N2O3/c1-2-10(12)11(15)13-5-3-9(4-6-13)16-8-7-14/h9-10,14H,2-8,12H2,1H3/t10-/m1/s1. The molecule has 5 nitrogen and oxygen atoms in total. The van der Waals surface area contributed by atoms with Crippen molar-refractivity contribution in [2.24, 2.45) is 5.73 Å². The molecule has 0 bridgehead atoms. The van der Waals surface area contributed by atoms with E-state index in [0.717, 1.165) is 12.8 Å². The molecule has 1 saturated heterocycles. The van der Waals surface area contributed by atoms with Crippen LogP contribution in [0.3, 0.4) is 0 Å². The lowest BCUT2D eigenvalue weighted by Crippen LogP contribution is -2.48. The van der Waals surface area contributed by atoms with Crippen molar-refractivity contribution in [2.45, 2.75) is 38.3 Å². The van der Waals surface area contributed by atoms with Crippen molar-refractivity contribution in [3.05, 3.63) is 0 Å². The number of rotatable bonds is 5. The first-order chi connectivity index (χ1) is 7.69. The van der Waals surface area contributed by atoms with Crippen molar-refractivity contribution in [1.82, 2.24) is 4.90 Å². The molecule has 0 radical (unpaired) electrons. The number of hydrogen-bond donors (Lipinski definition) is 2. The Bertz CT molecular complexity index is 215. The van der Waals surface area contributed by atoms with Gasteiger partial charge in [-0.15, -0.1) is 0 Å². The van der Waals surface area contributed by atoms with Crippen LogP contribution in [-0.2, 0) is 9.53 Å². The summed E-state index contributed by atoms with van der Waals surface area (Å²) in [7, 11) is 0. The molecule has 1 aliphatic rings. The predicted octanol–water partition coefficient (Wildman–Crippen LogP) is -0.276. The third kappa shape index (κ3) is 3.73. The largest absolute Gasteiger partial charge is 0.394 e. The highest BCUT2D eigenvalue weighted by Crippen LogP contribution is 2.14. The lowest BCUT2D eigenvalue weighted by Gasteiger charge is -2.33. The Morgan fingerprint density at radius 1 is 1.56 bits per heavy atom. The maximum Gasteiger partial charge on any atom is 0.239 e. The molecule has 94 valence electrons. The highest BCUT2D eigenvalue weighted by molar-refractivity contribution is 5.81. The van der Waals surface area contributed by atoms with Crippen molar-refractivity contribution in [1.29, 1.82) is 0 Å². The Kier molecular flexibility index (Phi) is 5.73. The van der Waals surface area contributed by atoms with E-state index in [1.165, 1.54) is 0 Å². The molecule has 0 aliphatic carbocycles. The fraction of sp³-hybridized carbons (Fsp3) is 0.909. The van der Waals surface area contributed by atoms with E-state index in [2.05, 4.69) is 0 Å². The molecular weight excluding hydrogens is 208 g/mol. The summed E-state index contributed by atoms with van der Waals surface area (Å²) in [5.74, 6) is 0.0445. The number of carbonyl (C=O) groups is 1. The smallest absolute Gasteiger partial charge is 0.239 e. The van der Waals surface area contributed by atoms with Gasteiger partial charge in [0.1, 0.15) is 0 Å². The van der Waals surface area contributed by atoms with Gasteiger partial charge in [0.15, 0.2) is 0 Å². The zero-order chi connectivity index (χ0) is 12.0. The molecule has 0 saturated carbocycles. The van der Waals surface area contributed by atoms with Crippen LogP contribution in [0.25, 0.3) is 0 Å². The van der Waals surface area contributed by atoms with E-state index < -0.39 is 0 Å². The molecule has 0 unspecified atom stereocenters. The van der Waals surface area contributed by atoms with Crippen LogP contribution in [0.4, 0.5) is 0 Å². The second-order valence-electron chi connectivity index (χ2n) is 4.13. The number of nitrogens with two attached hydrogens (primary N) is 1. The minimum atomic E-state index is -0.366. The van der Waals surface area contributed by atoms with Crippen molar-refractivity contribution in [3.8, 4) is 0 Å². The number of likely N-dealkylation sites (tertiary alicyclic amines) is 1. The van der Waals surface area contributed by atoms with E-state index in [1.54, 1.807) is 0 Å². The summed E-state index contributed by atoms with van der Waals surface area (Å²) in [5.41, 5.74) is 5.71. The Morgan fingerprint density at radius 3 is 2.69 bits per heavy atom. The van der Waals surface area contributed by atoms with Crippen LogP contribution in [0.5, 0.6) is 0 Å². The third-order valence-electron chi connectivity index (χ3n) is 2.96. The number of aliphatic hydroxyl groups excluding tert-OH is 1. The lowest BCUT2D eigenvalue weighted by atomic mass is 10.1. The molecule has 0 aromatic heterocycles. The molecule has 3 N–H and O–H groups in total. The monoisotopic (exact) mass is 230 g/mol. The maximum absolute atomic E-state index is 11.8. The molecule has 1 amide bonds. The van der Waals surface area contributed by atoms with Gasteiger partial charge in [0.25, 0.3) is 0 Å². The van der Waals surface area contributed by atoms with Crippen molar-refractivity contribution < 1.29 is 14.6 Å². The van der Waals surface area contributed by atoms with E-state index in [0.29, 0.717) is 26.1 Å². The minimum Gasteiger partial charge on any atom is -0.394 e. The number of nitrogens with zero attached hydrogens (tertiary/aromatic N) is 1. The summed E-state index contributed by atoms with van der Waals surface area (Å²) in [4.78, 5) is 13.6. The first-order valence-electron chi connectivity index (χ1n) is 5.95. The summed E-state index contributed by atoms with van der Waals surface area (Å²) < 4.78 is 5.43. The Hall–Kier alpha value is -0.650. The highest BCUT2D eigenvalue weighted by Gasteiger charge is 2.25. The normalized spacial score (nSPS) is 19.8. The van der Waals surface area contributed by atoms with Crippen molar-refractivity contribution in [3.63, 3.8) is 0 Å². The molecule has 1 aliphatic heterocycles. The van der Waals surface area contributed by atoms with E-state index in [9.17, 15) is 4.79 Å². The van der Waals surface area contributed by atoms with E-state index in [-0.39, 0.29) is 24.7 Å². The summed E-state index contributed by atoms with van der Waals surface area (Å²) in [5, 5.41) is 8.64. The molecular formula is C11H22N2O3. The SMILES string of the molecule is CC[C@@H](N)C(=O)N1CCC(OCCO)CC1. The molecule has 1 fully saturated rings. The third-order valence-corrected chi connectivity index (χ3v) is 2.96. The quantitative estimate of drug-likeness (QED) is 0.681. The van der Waals surface area contributed by atoms with Crippen LogP contribution in [0.2, 0.25) is 0 Å². The van der Waals surface area contributed by atoms with Gasteiger partial charge < -0.3 is 20.5 Å². The number of hydrogen-bond acceptors (Lipinski definition) is 4. The fourth-order valence-electron chi connectivity index (χ4n) is 1.87. The van der Waals surface area contributed by atoms with Crippen molar-refractivity contribution in [2.75, 3.05) is 26.3 Å². The lowest BCUT2D eigenvalue weighted by molar-refractivity contribution is -0.135. The van der Waals surface area contributed by atoms with Gasteiger partial charge in [-0.25, -0.2) is 0 Å². The van der Waals surface area contributed by atoms with E-state index >= 15 is 0 Å². The van der Waals surface area contributed by atoms with Gasteiger partial charge in [-0.2, -0.15) is 0 Å². The predicted molar refractivity (Wildman–Crippen MR) is 60.9 cm³/mol. The zero-order valence-corrected chi connectivity index (χ0v) is 9.89. The van der Waals surface area contributed by atoms with E-state index in [1.807, 2.05) is 11.8 Å². The average Bonchev–Trinajstić information content (AvgIpc) is 2.35. The summed E-state index contributed by atoms with van der Waals surface area (Å²) in [6, 6.07) is -0.366. The molecule has 1 rings (SSSR count). The van der Waals surface area contributed by atoms with Gasteiger partial charge in [-0.3, -0.25) is 4.79 Å². The molecule has 0 spiro atoms. The number of amides is 1. The summed E-state index contributed by atoms with van der Waals surface area (Å²) in [6.45, 7) is 3.78. The van der Waals surface area contributed by atoms with Gasteiger partial charge in [-0.1, -0.05) is 6.92 Å². The number of aliphatic hydroxyl groups is 1. The zero-order valence-electron chi connectivity index (χ0n) is 9.89. The number of ether oxygens (including phenoxy) is 1. The molecule has 0 aromatic rings. The summed E-state index contributed by atoms with van der Waals surface area (Å²) in [6.07, 6.45) is 2.53. The fourth-order valence-corrected chi connectivity index (χ4v) is 1.87.